The lowest BCUT2D eigenvalue weighted by Crippen LogP contribution is -2.37. The van der Waals surface area contributed by atoms with E-state index in [9.17, 15) is 0 Å². The summed E-state index contributed by atoms with van der Waals surface area (Å²) in [6.07, 6.45) is 4.89. The highest BCUT2D eigenvalue weighted by Crippen LogP contribution is 2.06. The van der Waals surface area contributed by atoms with Crippen molar-refractivity contribution in [2.24, 2.45) is 0 Å². The number of hydrogen-bond donors (Lipinski definition) is 2. The van der Waals surface area contributed by atoms with E-state index in [2.05, 4.69) is 15.5 Å². The summed E-state index contributed by atoms with van der Waals surface area (Å²) in [6.45, 7) is 6.38. The monoisotopic (exact) mass is 259 g/mol. The molecule has 1 heterocycles. The molecule has 0 bridgehead atoms. The van der Waals surface area contributed by atoms with E-state index in [0.29, 0.717) is 0 Å². The molecule has 4 nitrogen and oxygen atoms in total. The Morgan fingerprint density at radius 2 is 1.82 bits per heavy atom. The van der Waals surface area contributed by atoms with Crippen LogP contribution < -0.4 is 10.6 Å². The minimum atomic E-state index is 0.766. The Labute approximate surface area is 110 Å². The molecule has 0 aromatic rings. The smallest absolute Gasteiger partial charge is 0.166 e. The second-order valence-electron chi connectivity index (χ2n) is 4.43. The molecule has 2 N–H and O–H groups in total. The fraction of sp³-hybridized carbons (Fsp3) is 0.917. The van der Waals surface area contributed by atoms with Crippen molar-refractivity contribution in [2.75, 3.05) is 46.4 Å². The largest absolute Gasteiger partial charge is 0.385 e. The Kier molecular flexibility index (Phi) is 8.30. The first-order valence-corrected chi connectivity index (χ1v) is 6.97. The standard InChI is InChI=1S/C12H25N3OS/c1-16-11-5-7-14-12(17)13-6-4-10-15-8-2-3-9-15/h2-11H2,1H3,(H2,13,14,17). The van der Waals surface area contributed by atoms with Gasteiger partial charge in [-0.25, -0.2) is 0 Å². The van der Waals surface area contributed by atoms with Gasteiger partial charge in [-0.05, 0) is 57.5 Å². The third kappa shape index (κ3) is 7.52. The number of nitrogens with zero attached hydrogens (tertiary/aromatic N) is 1. The summed E-state index contributed by atoms with van der Waals surface area (Å²) in [6, 6.07) is 0. The lowest BCUT2D eigenvalue weighted by atomic mass is 10.4. The third-order valence-electron chi connectivity index (χ3n) is 2.95. The van der Waals surface area contributed by atoms with Gasteiger partial charge in [-0.15, -0.1) is 0 Å². The van der Waals surface area contributed by atoms with Gasteiger partial charge in [0, 0.05) is 26.8 Å². The SMILES string of the molecule is COCCCNC(=S)NCCCN1CCCC1. The summed E-state index contributed by atoms with van der Waals surface area (Å²) in [5.41, 5.74) is 0. The molecule has 1 aliphatic rings. The molecule has 0 aliphatic carbocycles. The van der Waals surface area contributed by atoms with Crippen LogP contribution in [-0.2, 0) is 4.74 Å². The molecule has 0 saturated carbocycles. The zero-order chi connectivity index (χ0) is 12.3. The number of ether oxygens (including phenoxy) is 1. The number of likely N-dealkylation sites (tertiary alicyclic amines) is 1. The first kappa shape index (κ1) is 14.7. The Bertz CT molecular complexity index is 208. The van der Waals surface area contributed by atoms with Gasteiger partial charge in [-0.2, -0.15) is 0 Å². The van der Waals surface area contributed by atoms with E-state index in [0.717, 1.165) is 31.2 Å². The summed E-state index contributed by atoms with van der Waals surface area (Å²) < 4.78 is 4.97. The van der Waals surface area contributed by atoms with Crippen LogP contribution in [0, 0.1) is 0 Å². The molecule has 100 valence electrons. The lowest BCUT2D eigenvalue weighted by molar-refractivity contribution is 0.195. The fourth-order valence-electron chi connectivity index (χ4n) is 1.99. The van der Waals surface area contributed by atoms with Gasteiger partial charge >= 0.3 is 0 Å². The Balaban J connectivity index is 1.85. The summed E-state index contributed by atoms with van der Waals surface area (Å²) in [4.78, 5) is 2.52. The summed E-state index contributed by atoms with van der Waals surface area (Å²) >= 11 is 5.18. The zero-order valence-corrected chi connectivity index (χ0v) is 11.7. The maximum absolute atomic E-state index is 5.18. The maximum Gasteiger partial charge on any atom is 0.166 e. The normalized spacial score (nSPS) is 16.1. The van der Waals surface area contributed by atoms with Crippen molar-refractivity contribution < 1.29 is 4.74 Å². The Hall–Kier alpha value is -0.390. The van der Waals surface area contributed by atoms with Crippen molar-refractivity contribution in [3.05, 3.63) is 0 Å². The molecule has 5 heteroatoms. The number of methoxy groups -OCH3 is 1. The van der Waals surface area contributed by atoms with Gasteiger partial charge in [-0.1, -0.05) is 0 Å². The van der Waals surface area contributed by atoms with E-state index >= 15 is 0 Å². The molecule has 0 radical (unpaired) electrons. The first-order chi connectivity index (χ1) is 8.33. The Morgan fingerprint density at radius 3 is 2.47 bits per heavy atom. The molecule has 17 heavy (non-hydrogen) atoms. The molecular formula is C12H25N3OS. The minimum Gasteiger partial charge on any atom is -0.385 e. The zero-order valence-electron chi connectivity index (χ0n) is 10.8. The molecular weight excluding hydrogens is 234 g/mol. The maximum atomic E-state index is 5.18. The second kappa shape index (κ2) is 9.62. The van der Waals surface area contributed by atoms with Crippen LogP contribution in [-0.4, -0.2) is 56.5 Å². The molecule has 1 rings (SSSR count). The van der Waals surface area contributed by atoms with Gasteiger partial charge in [0.1, 0.15) is 0 Å². The average Bonchev–Trinajstić information content (AvgIpc) is 2.83. The predicted octanol–water partition coefficient (Wildman–Crippen LogP) is 0.973. The number of nitrogens with one attached hydrogen (secondary N) is 2. The van der Waals surface area contributed by atoms with E-state index in [1.807, 2.05) is 0 Å². The third-order valence-corrected chi connectivity index (χ3v) is 3.23. The van der Waals surface area contributed by atoms with Gasteiger partial charge in [0.25, 0.3) is 0 Å². The molecule has 0 aromatic carbocycles. The van der Waals surface area contributed by atoms with Gasteiger partial charge in [0.15, 0.2) is 5.11 Å². The average molecular weight is 259 g/mol. The summed E-state index contributed by atoms with van der Waals surface area (Å²) in [7, 11) is 1.72. The molecule has 1 fully saturated rings. The van der Waals surface area contributed by atoms with Crippen LogP contribution in [0.25, 0.3) is 0 Å². The van der Waals surface area contributed by atoms with Crippen molar-refractivity contribution >= 4 is 17.3 Å². The van der Waals surface area contributed by atoms with Crippen molar-refractivity contribution in [1.82, 2.24) is 15.5 Å². The fourth-order valence-corrected chi connectivity index (χ4v) is 2.20. The van der Waals surface area contributed by atoms with Crippen LogP contribution >= 0.6 is 12.2 Å². The van der Waals surface area contributed by atoms with Crippen LogP contribution in [0.5, 0.6) is 0 Å². The van der Waals surface area contributed by atoms with E-state index in [4.69, 9.17) is 17.0 Å². The topological polar surface area (TPSA) is 36.5 Å². The molecule has 1 saturated heterocycles. The predicted molar refractivity (Wildman–Crippen MR) is 75.4 cm³/mol. The highest BCUT2D eigenvalue weighted by molar-refractivity contribution is 7.80. The van der Waals surface area contributed by atoms with Crippen LogP contribution in [0.1, 0.15) is 25.7 Å². The number of rotatable bonds is 8. The van der Waals surface area contributed by atoms with Crippen molar-refractivity contribution in [3.63, 3.8) is 0 Å². The van der Waals surface area contributed by atoms with E-state index in [1.54, 1.807) is 7.11 Å². The molecule has 0 unspecified atom stereocenters. The van der Waals surface area contributed by atoms with Crippen LogP contribution in [0.15, 0.2) is 0 Å². The summed E-state index contributed by atoms with van der Waals surface area (Å²) in [5, 5.41) is 7.18. The molecule has 0 atom stereocenters. The van der Waals surface area contributed by atoms with Crippen molar-refractivity contribution in [1.29, 1.82) is 0 Å². The first-order valence-electron chi connectivity index (χ1n) is 6.56. The van der Waals surface area contributed by atoms with E-state index in [-0.39, 0.29) is 0 Å². The van der Waals surface area contributed by atoms with Crippen LogP contribution in [0.3, 0.4) is 0 Å². The van der Waals surface area contributed by atoms with E-state index < -0.39 is 0 Å². The van der Waals surface area contributed by atoms with Gasteiger partial charge in [0.2, 0.25) is 0 Å². The number of thiocarbonyl (C=S) groups is 1. The van der Waals surface area contributed by atoms with Crippen molar-refractivity contribution in [3.8, 4) is 0 Å². The lowest BCUT2D eigenvalue weighted by Gasteiger charge is -2.15. The molecule has 0 aromatic heterocycles. The molecule has 1 aliphatic heterocycles. The molecule has 0 spiro atoms. The molecule has 0 amide bonds. The summed E-state index contributed by atoms with van der Waals surface area (Å²) in [5.74, 6) is 0. The van der Waals surface area contributed by atoms with Crippen LogP contribution in [0.2, 0.25) is 0 Å². The Morgan fingerprint density at radius 1 is 1.18 bits per heavy atom. The number of hydrogen-bond acceptors (Lipinski definition) is 3. The van der Waals surface area contributed by atoms with Gasteiger partial charge in [0.05, 0.1) is 0 Å². The second-order valence-corrected chi connectivity index (χ2v) is 4.84. The van der Waals surface area contributed by atoms with E-state index in [1.165, 1.54) is 38.9 Å². The quantitative estimate of drug-likeness (QED) is 0.502. The van der Waals surface area contributed by atoms with Gasteiger partial charge < -0.3 is 20.3 Å². The van der Waals surface area contributed by atoms with Crippen LogP contribution in [0.4, 0.5) is 0 Å². The highest BCUT2D eigenvalue weighted by atomic mass is 32.1. The minimum absolute atomic E-state index is 0.766. The van der Waals surface area contributed by atoms with Gasteiger partial charge in [-0.3, -0.25) is 0 Å². The van der Waals surface area contributed by atoms with Crippen molar-refractivity contribution in [2.45, 2.75) is 25.7 Å². The highest BCUT2D eigenvalue weighted by Gasteiger charge is 2.09.